The molecule has 4 N–H and O–H groups in total. The van der Waals surface area contributed by atoms with Crippen LogP contribution < -0.4 is 11.1 Å². The van der Waals surface area contributed by atoms with Crippen LogP contribution in [0.5, 0.6) is 0 Å². The first kappa shape index (κ1) is 15.0. The third kappa shape index (κ3) is 5.59. The Labute approximate surface area is 98.7 Å². The maximum atomic E-state index is 11.5. The summed E-state index contributed by atoms with van der Waals surface area (Å²) in [5, 5.41) is 11.2. The molecule has 0 aliphatic rings. The van der Waals surface area contributed by atoms with Crippen molar-refractivity contribution in [3.8, 4) is 0 Å². The molecule has 0 aromatic heterocycles. The maximum absolute atomic E-state index is 11.5. The highest BCUT2D eigenvalue weighted by Gasteiger charge is 2.24. The third-order valence-electron chi connectivity index (χ3n) is 2.08. The van der Waals surface area contributed by atoms with Crippen molar-refractivity contribution in [1.29, 1.82) is 0 Å². The fourth-order valence-corrected chi connectivity index (χ4v) is 1.19. The molecule has 3 amide bonds. The Morgan fingerprint density at radius 3 is 2.47 bits per heavy atom. The number of amides is 3. The zero-order chi connectivity index (χ0) is 13.4. The van der Waals surface area contributed by atoms with Gasteiger partial charge in [0.15, 0.2) is 0 Å². The Hall–Kier alpha value is -1.99. The number of primary amides is 1. The predicted molar refractivity (Wildman–Crippen MR) is 58.4 cm³/mol. The van der Waals surface area contributed by atoms with E-state index >= 15 is 0 Å². The molecule has 0 bridgehead atoms. The van der Waals surface area contributed by atoms with Gasteiger partial charge in [0.1, 0.15) is 12.6 Å². The summed E-state index contributed by atoms with van der Waals surface area (Å²) >= 11 is 0. The predicted octanol–water partition coefficient (Wildman–Crippen LogP) is -0.414. The van der Waals surface area contributed by atoms with E-state index < -0.39 is 24.1 Å². The molecule has 8 nitrogen and oxygen atoms in total. The Morgan fingerprint density at radius 1 is 1.47 bits per heavy atom. The number of carboxylic acids is 1. The first-order valence-electron chi connectivity index (χ1n) is 5.05. The number of urea groups is 1. The van der Waals surface area contributed by atoms with Crippen molar-refractivity contribution in [2.45, 2.75) is 19.4 Å². The van der Waals surface area contributed by atoms with E-state index in [9.17, 15) is 14.4 Å². The highest BCUT2D eigenvalue weighted by Crippen LogP contribution is 2.01. The molecule has 0 aromatic carbocycles. The van der Waals surface area contributed by atoms with Gasteiger partial charge in [-0.3, -0.25) is 0 Å². The molecule has 98 valence electrons. The molecule has 0 aliphatic heterocycles. The molecule has 0 aliphatic carbocycles. The van der Waals surface area contributed by atoms with Gasteiger partial charge in [0.2, 0.25) is 0 Å². The lowest BCUT2D eigenvalue weighted by Gasteiger charge is -2.23. The summed E-state index contributed by atoms with van der Waals surface area (Å²) in [4.78, 5) is 33.6. The lowest BCUT2D eigenvalue weighted by atomic mass is 10.2. The summed E-state index contributed by atoms with van der Waals surface area (Å²) < 4.78 is 4.40. The van der Waals surface area contributed by atoms with Crippen molar-refractivity contribution in [2.24, 2.45) is 5.73 Å². The van der Waals surface area contributed by atoms with Gasteiger partial charge in [0.05, 0.1) is 6.54 Å². The molecular weight excluding hydrogens is 230 g/mol. The summed E-state index contributed by atoms with van der Waals surface area (Å²) in [5.74, 6) is -1.07. The number of carbonyl (C=O) groups excluding carboxylic acids is 2. The van der Waals surface area contributed by atoms with E-state index in [1.165, 1.54) is 7.05 Å². The fraction of sp³-hybridized carbons (Fsp3) is 0.667. The number of hydrogen-bond donors (Lipinski definition) is 3. The van der Waals surface area contributed by atoms with Crippen molar-refractivity contribution >= 4 is 18.1 Å². The summed E-state index contributed by atoms with van der Waals surface area (Å²) in [7, 11) is 1.38. The van der Waals surface area contributed by atoms with Crippen LogP contribution in [0.2, 0.25) is 0 Å². The zero-order valence-electron chi connectivity index (χ0n) is 9.80. The molecule has 0 aromatic rings. The van der Waals surface area contributed by atoms with E-state index in [1.54, 1.807) is 6.92 Å². The monoisotopic (exact) mass is 247 g/mol. The molecule has 0 rings (SSSR count). The lowest BCUT2D eigenvalue weighted by molar-refractivity contribution is -0.141. The Morgan fingerprint density at radius 2 is 2.06 bits per heavy atom. The van der Waals surface area contributed by atoms with Gasteiger partial charge in [0.25, 0.3) is 0 Å². The molecule has 0 heterocycles. The minimum absolute atomic E-state index is 0.0568. The SMILES string of the molecule is CCC(C(=O)O)N(C)C(=O)NCCOC(N)=O. The Bertz CT molecular complexity index is 294. The number of nitrogens with two attached hydrogens (primary N) is 1. The van der Waals surface area contributed by atoms with Crippen molar-refractivity contribution in [2.75, 3.05) is 20.2 Å². The first-order chi connectivity index (χ1) is 7.90. The molecule has 1 atom stereocenters. The average molecular weight is 247 g/mol. The largest absolute Gasteiger partial charge is 0.480 e. The molecule has 8 heteroatoms. The van der Waals surface area contributed by atoms with E-state index in [2.05, 4.69) is 10.1 Å². The van der Waals surface area contributed by atoms with Crippen molar-refractivity contribution in [3.63, 3.8) is 0 Å². The fourth-order valence-electron chi connectivity index (χ4n) is 1.19. The van der Waals surface area contributed by atoms with E-state index in [0.717, 1.165) is 4.90 Å². The van der Waals surface area contributed by atoms with Gasteiger partial charge in [0, 0.05) is 7.05 Å². The van der Waals surface area contributed by atoms with Crippen LogP contribution in [0.3, 0.4) is 0 Å². The maximum Gasteiger partial charge on any atom is 0.404 e. The number of rotatable bonds is 6. The molecule has 17 heavy (non-hydrogen) atoms. The minimum Gasteiger partial charge on any atom is -0.480 e. The summed E-state index contributed by atoms with van der Waals surface area (Å²) in [5.41, 5.74) is 4.72. The number of likely N-dealkylation sites (N-methyl/N-ethyl adjacent to an activating group) is 1. The summed E-state index contributed by atoms with van der Waals surface area (Å²) in [6.45, 7) is 1.68. The van der Waals surface area contributed by atoms with Crippen LogP contribution in [0.1, 0.15) is 13.3 Å². The third-order valence-corrected chi connectivity index (χ3v) is 2.08. The Kier molecular flexibility index (Phi) is 6.46. The molecule has 1 unspecified atom stereocenters. The molecule has 0 radical (unpaired) electrons. The molecule has 0 spiro atoms. The van der Waals surface area contributed by atoms with E-state index in [1.807, 2.05) is 0 Å². The normalized spacial score (nSPS) is 11.4. The smallest absolute Gasteiger partial charge is 0.404 e. The van der Waals surface area contributed by atoms with E-state index in [4.69, 9.17) is 10.8 Å². The first-order valence-corrected chi connectivity index (χ1v) is 5.05. The zero-order valence-corrected chi connectivity index (χ0v) is 9.80. The molecular formula is C9H17N3O5. The number of carboxylic acid groups (broad SMARTS) is 1. The van der Waals surface area contributed by atoms with Crippen LogP contribution in [-0.2, 0) is 9.53 Å². The van der Waals surface area contributed by atoms with Gasteiger partial charge in [-0.15, -0.1) is 0 Å². The van der Waals surface area contributed by atoms with Crippen molar-refractivity contribution in [3.05, 3.63) is 0 Å². The van der Waals surface area contributed by atoms with Crippen LogP contribution in [0.4, 0.5) is 9.59 Å². The number of ether oxygens (including phenoxy) is 1. The van der Waals surface area contributed by atoms with Gasteiger partial charge in [-0.2, -0.15) is 0 Å². The van der Waals surface area contributed by atoms with Crippen LogP contribution in [0.15, 0.2) is 0 Å². The van der Waals surface area contributed by atoms with Crippen LogP contribution in [0.25, 0.3) is 0 Å². The number of aliphatic carboxylic acids is 1. The van der Waals surface area contributed by atoms with Gasteiger partial charge in [-0.25, -0.2) is 14.4 Å². The van der Waals surface area contributed by atoms with Crippen LogP contribution >= 0.6 is 0 Å². The number of nitrogens with zero attached hydrogens (tertiary/aromatic N) is 1. The van der Waals surface area contributed by atoms with Crippen LogP contribution in [0, 0.1) is 0 Å². The minimum atomic E-state index is -1.07. The second-order valence-corrected chi connectivity index (χ2v) is 3.27. The van der Waals surface area contributed by atoms with Gasteiger partial charge in [-0.1, -0.05) is 6.92 Å². The second-order valence-electron chi connectivity index (χ2n) is 3.27. The van der Waals surface area contributed by atoms with E-state index in [0.29, 0.717) is 6.42 Å². The average Bonchev–Trinajstić information content (AvgIpc) is 2.24. The topological polar surface area (TPSA) is 122 Å². The summed E-state index contributed by atoms with van der Waals surface area (Å²) in [6, 6.07) is -1.43. The standard InChI is InChI=1S/C9H17N3O5/c1-3-6(7(13)14)12(2)9(16)11-4-5-17-8(10)15/h6H,3-5H2,1-2H3,(H2,10,15)(H,11,16)(H,13,14). The Balaban J connectivity index is 4.04. The molecule has 0 saturated carbocycles. The van der Waals surface area contributed by atoms with Crippen LogP contribution in [-0.4, -0.2) is 54.3 Å². The molecule has 0 fully saturated rings. The second kappa shape index (κ2) is 7.31. The van der Waals surface area contributed by atoms with Gasteiger partial charge in [-0.05, 0) is 6.42 Å². The number of carbonyl (C=O) groups is 3. The van der Waals surface area contributed by atoms with Gasteiger partial charge >= 0.3 is 18.1 Å². The number of nitrogens with one attached hydrogen (secondary N) is 1. The van der Waals surface area contributed by atoms with Gasteiger partial charge < -0.3 is 25.8 Å². The van der Waals surface area contributed by atoms with Crippen molar-refractivity contribution < 1.29 is 24.2 Å². The summed E-state index contributed by atoms with van der Waals surface area (Å²) in [6.07, 6.45) is -0.624. The van der Waals surface area contributed by atoms with E-state index in [-0.39, 0.29) is 13.2 Å². The molecule has 0 saturated heterocycles. The quantitative estimate of drug-likeness (QED) is 0.550. The number of hydrogen-bond acceptors (Lipinski definition) is 4. The lowest BCUT2D eigenvalue weighted by Crippen LogP contribution is -2.47. The highest BCUT2D eigenvalue weighted by atomic mass is 16.5. The van der Waals surface area contributed by atoms with Crippen molar-refractivity contribution in [1.82, 2.24) is 10.2 Å². The highest BCUT2D eigenvalue weighted by molar-refractivity contribution is 5.82.